The lowest BCUT2D eigenvalue weighted by molar-refractivity contribution is 0.146. The topological polar surface area (TPSA) is 38.5 Å². The number of methoxy groups -OCH3 is 1. The minimum absolute atomic E-state index is 0.360. The Morgan fingerprint density at radius 1 is 1.32 bits per heavy atom. The molecule has 0 aromatic heterocycles. The summed E-state index contributed by atoms with van der Waals surface area (Å²) in [6.07, 6.45) is 3.69. The van der Waals surface area contributed by atoms with Gasteiger partial charge in [-0.3, -0.25) is 0 Å². The van der Waals surface area contributed by atoms with E-state index in [4.69, 9.17) is 10.5 Å². The van der Waals surface area contributed by atoms with Crippen LogP contribution in [0.5, 0.6) is 0 Å². The Hall–Kier alpha value is -1.06. The largest absolute Gasteiger partial charge is 0.384 e. The van der Waals surface area contributed by atoms with Gasteiger partial charge in [-0.15, -0.1) is 0 Å². The molecule has 0 saturated carbocycles. The third-order valence-corrected chi connectivity index (χ3v) is 4.12. The third kappa shape index (κ3) is 3.28. The lowest BCUT2D eigenvalue weighted by atomic mass is 9.99. The second-order valence-electron chi connectivity index (χ2n) is 5.51. The number of rotatable bonds is 5. The van der Waals surface area contributed by atoms with E-state index in [1.54, 1.807) is 7.11 Å². The van der Waals surface area contributed by atoms with Gasteiger partial charge >= 0.3 is 0 Å². The Bertz CT molecular complexity index is 394. The van der Waals surface area contributed by atoms with Crippen LogP contribution < -0.4 is 10.6 Å². The molecule has 1 heterocycles. The van der Waals surface area contributed by atoms with Gasteiger partial charge in [0.05, 0.1) is 6.61 Å². The quantitative estimate of drug-likeness (QED) is 0.886. The molecular weight excluding hydrogens is 236 g/mol. The number of anilines is 1. The van der Waals surface area contributed by atoms with Gasteiger partial charge in [0, 0.05) is 37.8 Å². The molecule has 1 aliphatic heterocycles. The van der Waals surface area contributed by atoms with Gasteiger partial charge in [-0.2, -0.15) is 0 Å². The van der Waals surface area contributed by atoms with Crippen LogP contribution in [-0.2, 0) is 11.2 Å². The molecule has 19 heavy (non-hydrogen) atoms. The summed E-state index contributed by atoms with van der Waals surface area (Å²) >= 11 is 0. The number of hydrogen-bond acceptors (Lipinski definition) is 3. The maximum Gasteiger partial charge on any atom is 0.0507 e. The van der Waals surface area contributed by atoms with Crippen molar-refractivity contribution in [2.75, 3.05) is 31.7 Å². The Labute approximate surface area is 116 Å². The molecule has 2 N–H and O–H groups in total. The van der Waals surface area contributed by atoms with Crippen molar-refractivity contribution in [3.8, 4) is 0 Å². The highest BCUT2D eigenvalue weighted by Gasteiger charge is 2.26. The van der Waals surface area contributed by atoms with Gasteiger partial charge in [0.1, 0.15) is 0 Å². The van der Waals surface area contributed by atoms with Gasteiger partial charge < -0.3 is 15.4 Å². The van der Waals surface area contributed by atoms with E-state index in [1.165, 1.54) is 30.5 Å². The molecule has 106 valence electrons. The number of nitrogens with zero attached hydrogens (tertiary/aromatic N) is 1. The lowest BCUT2D eigenvalue weighted by Crippen LogP contribution is -2.46. The zero-order valence-electron chi connectivity index (χ0n) is 12.1. The molecule has 1 aromatic carbocycles. The number of nitrogens with two attached hydrogens (primary N) is 1. The van der Waals surface area contributed by atoms with Crippen molar-refractivity contribution in [3.05, 3.63) is 29.8 Å². The van der Waals surface area contributed by atoms with Gasteiger partial charge in [-0.1, -0.05) is 25.1 Å². The van der Waals surface area contributed by atoms with Crippen LogP contribution in [0.25, 0.3) is 0 Å². The first-order valence-corrected chi connectivity index (χ1v) is 7.31. The van der Waals surface area contributed by atoms with Crippen molar-refractivity contribution in [2.24, 2.45) is 11.7 Å². The number of benzene rings is 1. The molecule has 0 fully saturated rings. The molecule has 2 atom stereocenters. The van der Waals surface area contributed by atoms with Crippen LogP contribution in [0.4, 0.5) is 5.69 Å². The van der Waals surface area contributed by atoms with Crippen LogP contribution in [0, 0.1) is 5.92 Å². The fourth-order valence-corrected chi connectivity index (χ4v) is 3.11. The summed E-state index contributed by atoms with van der Waals surface area (Å²) in [4.78, 5) is 2.51. The lowest BCUT2D eigenvalue weighted by Gasteiger charge is -2.36. The zero-order valence-corrected chi connectivity index (χ0v) is 12.1. The second-order valence-corrected chi connectivity index (χ2v) is 5.51. The van der Waals surface area contributed by atoms with E-state index >= 15 is 0 Å². The highest BCUT2D eigenvalue weighted by atomic mass is 16.5. The van der Waals surface area contributed by atoms with Crippen molar-refractivity contribution >= 4 is 5.69 Å². The van der Waals surface area contributed by atoms with Gasteiger partial charge in [0.15, 0.2) is 0 Å². The van der Waals surface area contributed by atoms with Crippen LogP contribution in [0.1, 0.15) is 25.3 Å². The fourth-order valence-electron chi connectivity index (χ4n) is 3.11. The maximum absolute atomic E-state index is 6.05. The molecule has 0 aliphatic carbocycles. The highest BCUT2D eigenvalue weighted by Crippen LogP contribution is 2.29. The van der Waals surface area contributed by atoms with Crippen molar-refractivity contribution in [2.45, 2.75) is 32.2 Å². The summed E-state index contributed by atoms with van der Waals surface area (Å²) in [6, 6.07) is 9.12. The van der Waals surface area contributed by atoms with Gasteiger partial charge in [-0.25, -0.2) is 0 Å². The number of aryl methyl sites for hydroxylation is 1. The van der Waals surface area contributed by atoms with E-state index in [0.717, 1.165) is 13.2 Å². The molecule has 0 bridgehead atoms. The average molecular weight is 262 g/mol. The number of para-hydroxylation sites is 1. The van der Waals surface area contributed by atoms with E-state index in [-0.39, 0.29) is 0 Å². The number of fused-ring (bicyclic) bond motifs is 1. The molecule has 0 spiro atoms. The first-order chi connectivity index (χ1) is 9.27. The summed E-state index contributed by atoms with van der Waals surface area (Å²) in [7, 11) is 1.76. The van der Waals surface area contributed by atoms with Gasteiger partial charge in [-0.05, 0) is 30.9 Å². The molecule has 0 amide bonds. The van der Waals surface area contributed by atoms with Crippen molar-refractivity contribution in [3.63, 3.8) is 0 Å². The monoisotopic (exact) mass is 262 g/mol. The minimum atomic E-state index is 0.360. The molecule has 1 aliphatic rings. The number of hydrogen-bond donors (Lipinski definition) is 1. The molecule has 3 nitrogen and oxygen atoms in total. The smallest absolute Gasteiger partial charge is 0.0507 e. The Balaban J connectivity index is 2.26. The Morgan fingerprint density at radius 3 is 2.84 bits per heavy atom. The van der Waals surface area contributed by atoms with E-state index in [2.05, 4.69) is 36.1 Å². The molecule has 3 heteroatoms. The highest BCUT2D eigenvalue weighted by molar-refractivity contribution is 5.55. The molecule has 2 rings (SSSR count). The van der Waals surface area contributed by atoms with Crippen LogP contribution in [0.2, 0.25) is 0 Å². The summed E-state index contributed by atoms with van der Waals surface area (Å²) in [5.74, 6) is 0.446. The van der Waals surface area contributed by atoms with Crippen LogP contribution in [0.3, 0.4) is 0 Å². The normalized spacial score (nSPS) is 18.6. The van der Waals surface area contributed by atoms with Crippen molar-refractivity contribution in [1.29, 1.82) is 0 Å². The van der Waals surface area contributed by atoms with Gasteiger partial charge in [0.25, 0.3) is 0 Å². The molecular formula is C16H26N2O. The molecule has 0 radical (unpaired) electrons. The van der Waals surface area contributed by atoms with Crippen molar-refractivity contribution < 1.29 is 4.74 Å². The van der Waals surface area contributed by atoms with E-state index in [0.29, 0.717) is 18.5 Å². The summed E-state index contributed by atoms with van der Waals surface area (Å²) in [6.45, 7) is 4.78. The van der Waals surface area contributed by atoms with E-state index in [9.17, 15) is 0 Å². The molecule has 0 saturated heterocycles. The van der Waals surface area contributed by atoms with Crippen LogP contribution in [0.15, 0.2) is 24.3 Å². The number of ether oxygens (including phenoxy) is 1. The zero-order chi connectivity index (χ0) is 13.7. The molecule has 1 aromatic rings. The van der Waals surface area contributed by atoms with Gasteiger partial charge in [0.2, 0.25) is 0 Å². The predicted molar refractivity (Wildman–Crippen MR) is 80.6 cm³/mol. The summed E-state index contributed by atoms with van der Waals surface area (Å²) in [5.41, 5.74) is 8.88. The molecule has 2 unspecified atom stereocenters. The van der Waals surface area contributed by atoms with E-state index in [1.807, 2.05) is 0 Å². The standard InChI is InChI=1S/C16H26N2O/c1-13(12-19-2)16(11-17)18-10-6-5-8-14-7-3-4-9-15(14)18/h3-4,7,9,13,16H,5-6,8,10-12,17H2,1-2H3. The Kier molecular flexibility index (Phi) is 5.23. The average Bonchev–Trinajstić information content (AvgIpc) is 2.63. The second kappa shape index (κ2) is 6.92. The summed E-state index contributed by atoms with van der Waals surface area (Å²) < 4.78 is 5.31. The van der Waals surface area contributed by atoms with Crippen LogP contribution >= 0.6 is 0 Å². The first-order valence-electron chi connectivity index (χ1n) is 7.31. The van der Waals surface area contributed by atoms with Crippen LogP contribution in [-0.4, -0.2) is 32.8 Å². The predicted octanol–water partition coefficient (Wildman–Crippen LogP) is 2.44. The maximum atomic E-state index is 6.05. The SMILES string of the molecule is COCC(C)C(CN)N1CCCCc2ccccc21. The minimum Gasteiger partial charge on any atom is -0.384 e. The van der Waals surface area contributed by atoms with E-state index < -0.39 is 0 Å². The third-order valence-electron chi connectivity index (χ3n) is 4.12. The van der Waals surface area contributed by atoms with Crippen molar-refractivity contribution in [1.82, 2.24) is 0 Å². The Morgan fingerprint density at radius 2 is 2.11 bits per heavy atom. The fraction of sp³-hybridized carbons (Fsp3) is 0.625. The summed E-state index contributed by atoms with van der Waals surface area (Å²) in [5, 5.41) is 0. The first kappa shape index (κ1) is 14.4.